The molecule has 0 aromatic heterocycles. The largest absolute Gasteiger partial charge is 0.382 e. The third-order valence-electron chi connectivity index (χ3n) is 3.25. The molecule has 1 N–H and O–H groups in total. The van der Waals surface area contributed by atoms with Gasteiger partial charge in [0.1, 0.15) is 5.60 Å². The second-order valence-electron chi connectivity index (χ2n) is 5.03. The van der Waals surface area contributed by atoms with Gasteiger partial charge in [-0.15, -0.1) is 0 Å². The molecule has 0 amide bonds. The van der Waals surface area contributed by atoms with E-state index in [1.54, 1.807) is 0 Å². The molecule has 1 rings (SSSR count). The van der Waals surface area contributed by atoms with Crippen molar-refractivity contribution in [3.05, 3.63) is 36.0 Å². The van der Waals surface area contributed by atoms with Gasteiger partial charge in [0.2, 0.25) is 0 Å². The molecular weight excluding hydrogens is 196 g/mol. The molecule has 0 heterocycles. The van der Waals surface area contributed by atoms with Crippen molar-refractivity contribution in [3.8, 4) is 0 Å². The van der Waals surface area contributed by atoms with Gasteiger partial charge in [0.25, 0.3) is 0 Å². The summed E-state index contributed by atoms with van der Waals surface area (Å²) in [6.45, 7) is 6.56. The van der Waals surface area contributed by atoms with Crippen LogP contribution in [-0.2, 0) is 0 Å². The van der Waals surface area contributed by atoms with Crippen LogP contribution >= 0.6 is 0 Å². The highest BCUT2D eigenvalue weighted by Crippen LogP contribution is 2.23. The maximum absolute atomic E-state index is 10.2. The minimum absolute atomic E-state index is 0.617. The summed E-state index contributed by atoms with van der Waals surface area (Å²) in [5.41, 5.74) is 0.730. The Kier molecular flexibility index (Phi) is 5.01. The summed E-state index contributed by atoms with van der Waals surface area (Å²) < 4.78 is 0. The van der Waals surface area contributed by atoms with E-state index in [9.17, 15) is 5.11 Å². The van der Waals surface area contributed by atoms with E-state index >= 15 is 0 Å². The first-order chi connectivity index (χ1) is 7.53. The molecule has 0 saturated carbocycles. The quantitative estimate of drug-likeness (QED) is 0.710. The van der Waals surface area contributed by atoms with Gasteiger partial charge in [-0.2, -0.15) is 0 Å². The molecule has 1 aliphatic carbocycles. The maximum Gasteiger partial charge on any atom is 0.101 e. The highest BCUT2D eigenvalue weighted by Gasteiger charge is 2.20. The molecule has 0 aromatic carbocycles. The standard InChI is InChI=1S/C15H24O/c1-13(2)14(3)9-5-8-12-15(16)10-6-4-7-11-15/h6,8-10,12-13,16H,4-5,7,11H2,1-3H3. The molecule has 0 radical (unpaired) electrons. The van der Waals surface area contributed by atoms with Gasteiger partial charge in [0.05, 0.1) is 0 Å². The number of allylic oxidation sites excluding steroid dienone is 4. The van der Waals surface area contributed by atoms with E-state index in [0.29, 0.717) is 5.92 Å². The van der Waals surface area contributed by atoms with Crippen LogP contribution in [0.3, 0.4) is 0 Å². The smallest absolute Gasteiger partial charge is 0.101 e. The molecule has 0 aromatic rings. The Morgan fingerprint density at radius 3 is 2.81 bits per heavy atom. The Hall–Kier alpha value is -0.820. The van der Waals surface area contributed by atoms with Crippen molar-refractivity contribution in [1.29, 1.82) is 0 Å². The van der Waals surface area contributed by atoms with Crippen molar-refractivity contribution in [2.75, 3.05) is 0 Å². The number of hydrogen-bond donors (Lipinski definition) is 1. The van der Waals surface area contributed by atoms with Crippen molar-refractivity contribution in [2.45, 2.75) is 52.1 Å². The Labute approximate surface area is 99.6 Å². The summed E-state index contributed by atoms with van der Waals surface area (Å²) in [7, 11) is 0. The molecule has 0 fully saturated rings. The molecule has 1 nitrogen and oxygen atoms in total. The topological polar surface area (TPSA) is 20.2 Å². The van der Waals surface area contributed by atoms with Gasteiger partial charge in [0, 0.05) is 0 Å². The molecule has 0 aliphatic heterocycles. The van der Waals surface area contributed by atoms with Crippen molar-refractivity contribution < 1.29 is 5.11 Å². The average Bonchev–Trinajstić information content (AvgIpc) is 2.25. The summed E-state index contributed by atoms with van der Waals surface area (Å²) >= 11 is 0. The molecule has 1 aliphatic rings. The van der Waals surface area contributed by atoms with Crippen molar-refractivity contribution >= 4 is 0 Å². The van der Waals surface area contributed by atoms with Crippen molar-refractivity contribution in [3.63, 3.8) is 0 Å². The van der Waals surface area contributed by atoms with E-state index in [1.165, 1.54) is 5.57 Å². The van der Waals surface area contributed by atoms with Crippen LogP contribution in [0.25, 0.3) is 0 Å². The molecule has 0 spiro atoms. The predicted octanol–water partition coefficient (Wildman–Crippen LogP) is 4.01. The van der Waals surface area contributed by atoms with Crippen LogP contribution < -0.4 is 0 Å². The van der Waals surface area contributed by atoms with Gasteiger partial charge >= 0.3 is 0 Å². The molecule has 1 atom stereocenters. The fourth-order valence-corrected chi connectivity index (χ4v) is 1.77. The zero-order valence-corrected chi connectivity index (χ0v) is 10.7. The normalized spacial score (nSPS) is 26.9. The van der Waals surface area contributed by atoms with Gasteiger partial charge in [-0.05, 0) is 38.5 Å². The van der Waals surface area contributed by atoms with Crippen LogP contribution in [0.2, 0.25) is 0 Å². The minimum Gasteiger partial charge on any atom is -0.382 e. The summed E-state index contributed by atoms with van der Waals surface area (Å²) in [6, 6.07) is 0. The van der Waals surface area contributed by atoms with Gasteiger partial charge < -0.3 is 5.11 Å². The van der Waals surface area contributed by atoms with Crippen LogP contribution in [0.15, 0.2) is 36.0 Å². The van der Waals surface area contributed by atoms with E-state index < -0.39 is 5.60 Å². The first kappa shape index (κ1) is 13.2. The Bertz CT molecular complexity index is 297. The Morgan fingerprint density at radius 1 is 1.50 bits per heavy atom. The van der Waals surface area contributed by atoms with Crippen molar-refractivity contribution in [1.82, 2.24) is 0 Å². The minimum atomic E-state index is -0.683. The second kappa shape index (κ2) is 6.05. The molecule has 90 valence electrons. The fraction of sp³-hybridized carbons (Fsp3) is 0.600. The van der Waals surface area contributed by atoms with Gasteiger partial charge in [0.15, 0.2) is 0 Å². The molecular formula is C15H24O. The third-order valence-corrected chi connectivity index (χ3v) is 3.25. The lowest BCUT2D eigenvalue weighted by Crippen LogP contribution is -2.24. The highest BCUT2D eigenvalue weighted by atomic mass is 16.3. The number of rotatable bonds is 4. The molecule has 0 saturated heterocycles. The SMILES string of the molecule is CC(=CCC=CC1(O)C=CCCC1)C(C)C. The van der Waals surface area contributed by atoms with Crippen LogP contribution in [0.1, 0.15) is 46.5 Å². The zero-order valence-electron chi connectivity index (χ0n) is 10.7. The number of hydrogen-bond acceptors (Lipinski definition) is 1. The van der Waals surface area contributed by atoms with E-state index in [-0.39, 0.29) is 0 Å². The van der Waals surface area contributed by atoms with E-state index in [4.69, 9.17) is 0 Å². The van der Waals surface area contributed by atoms with E-state index in [0.717, 1.165) is 25.7 Å². The first-order valence-electron chi connectivity index (χ1n) is 6.28. The van der Waals surface area contributed by atoms with Crippen molar-refractivity contribution in [2.24, 2.45) is 5.92 Å². The van der Waals surface area contributed by atoms with E-state index in [2.05, 4.69) is 39.0 Å². The number of aliphatic hydroxyl groups is 1. The van der Waals surface area contributed by atoms with E-state index in [1.807, 2.05) is 12.2 Å². The lowest BCUT2D eigenvalue weighted by Gasteiger charge is -2.23. The lowest BCUT2D eigenvalue weighted by atomic mass is 9.90. The van der Waals surface area contributed by atoms with Crippen LogP contribution in [-0.4, -0.2) is 10.7 Å². The predicted molar refractivity (Wildman–Crippen MR) is 70.3 cm³/mol. The van der Waals surface area contributed by atoms with Crippen LogP contribution in [0.4, 0.5) is 0 Å². The van der Waals surface area contributed by atoms with Gasteiger partial charge in [-0.3, -0.25) is 0 Å². The molecule has 0 bridgehead atoms. The lowest BCUT2D eigenvalue weighted by molar-refractivity contribution is 0.125. The summed E-state index contributed by atoms with van der Waals surface area (Å²) in [5.74, 6) is 0.617. The molecule has 1 heteroatoms. The first-order valence-corrected chi connectivity index (χ1v) is 6.28. The summed E-state index contributed by atoms with van der Waals surface area (Å²) in [4.78, 5) is 0. The fourth-order valence-electron chi connectivity index (χ4n) is 1.77. The highest BCUT2D eigenvalue weighted by molar-refractivity contribution is 5.17. The van der Waals surface area contributed by atoms with Gasteiger partial charge in [-0.25, -0.2) is 0 Å². The Morgan fingerprint density at radius 2 is 2.25 bits per heavy atom. The molecule has 1 unspecified atom stereocenters. The third kappa shape index (κ3) is 4.36. The summed E-state index contributed by atoms with van der Waals surface area (Å²) in [6.07, 6.45) is 14.2. The molecule has 16 heavy (non-hydrogen) atoms. The monoisotopic (exact) mass is 220 g/mol. The summed E-state index contributed by atoms with van der Waals surface area (Å²) in [5, 5.41) is 10.2. The van der Waals surface area contributed by atoms with Crippen LogP contribution in [0, 0.1) is 5.92 Å². The zero-order chi connectivity index (χ0) is 12.0. The van der Waals surface area contributed by atoms with Gasteiger partial charge in [-0.1, -0.05) is 49.8 Å². The Balaban J connectivity index is 2.45. The average molecular weight is 220 g/mol. The maximum atomic E-state index is 10.2. The second-order valence-corrected chi connectivity index (χ2v) is 5.03. The van der Waals surface area contributed by atoms with Crippen LogP contribution in [0.5, 0.6) is 0 Å².